The van der Waals surface area contributed by atoms with Crippen LogP contribution in [0.25, 0.3) is 0 Å². The molecule has 1 aliphatic heterocycles. The average molecular weight is 362 g/mol. The fourth-order valence-corrected chi connectivity index (χ4v) is 4.66. The number of carbonyl (C=O) groups excluding carboxylic acids is 1. The lowest BCUT2D eigenvalue weighted by Crippen LogP contribution is -2.37. The molecule has 25 heavy (non-hydrogen) atoms. The Balaban J connectivity index is 1.77. The summed E-state index contributed by atoms with van der Waals surface area (Å²) < 4.78 is 1.80. The van der Waals surface area contributed by atoms with Crippen LogP contribution in [0.4, 0.5) is 0 Å². The number of nitrogens with one attached hydrogen (secondary N) is 1. The molecule has 2 aromatic heterocycles. The number of nitrogens with zero attached hydrogens (tertiary/aromatic N) is 4. The van der Waals surface area contributed by atoms with E-state index in [1.54, 1.807) is 16.0 Å². The van der Waals surface area contributed by atoms with Gasteiger partial charge in [0.1, 0.15) is 0 Å². The van der Waals surface area contributed by atoms with E-state index in [2.05, 4.69) is 29.2 Å². The third kappa shape index (κ3) is 3.48. The molecule has 0 radical (unpaired) electrons. The fourth-order valence-electron chi connectivity index (χ4n) is 3.55. The molecule has 0 aromatic carbocycles. The van der Waals surface area contributed by atoms with Crippen LogP contribution in [0.15, 0.2) is 12.4 Å². The lowest BCUT2D eigenvalue weighted by Gasteiger charge is -2.29. The molecule has 3 atom stereocenters. The van der Waals surface area contributed by atoms with Crippen LogP contribution in [0, 0.1) is 12.8 Å². The summed E-state index contributed by atoms with van der Waals surface area (Å²) in [6, 6.07) is 0.0421. The van der Waals surface area contributed by atoms with E-state index in [9.17, 15) is 4.79 Å². The van der Waals surface area contributed by atoms with E-state index >= 15 is 0 Å². The van der Waals surface area contributed by atoms with Gasteiger partial charge in [0.05, 0.1) is 28.9 Å². The summed E-state index contributed by atoms with van der Waals surface area (Å²) in [5, 5.41) is 8.77. The number of amides is 1. The molecule has 1 fully saturated rings. The molecule has 1 aliphatic rings. The summed E-state index contributed by atoms with van der Waals surface area (Å²) in [6.45, 7) is 7.79. The van der Waals surface area contributed by atoms with Gasteiger partial charge in [0.2, 0.25) is 5.91 Å². The number of carbonyl (C=O) groups is 1. The van der Waals surface area contributed by atoms with Gasteiger partial charge in [-0.1, -0.05) is 6.92 Å². The quantitative estimate of drug-likeness (QED) is 0.887. The van der Waals surface area contributed by atoms with Crippen molar-refractivity contribution in [3.8, 4) is 0 Å². The molecule has 1 saturated heterocycles. The van der Waals surface area contributed by atoms with Crippen LogP contribution in [0.5, 0.6) is 0 Å². The van der Waals surface area contributed by atoms with Gasteiger partial charge in [-0.2, -0.15) is 5.10 Å². The summed E-state index contributed by atoms with van der Waals surface area (Å²) in [4.78, 5) is 20.9. The molecule has 0 saturated carbocycles. The van der Waals surface area contributed by atoms with E-state index in [0.29, 0.717) is 0 Å². The van der Waals surface area contributed by atoms with Gasteiger partial charge in [-0.25, -0.2) is 4.98 Å². The average Bonchev–Trinajstić information content (AvgIpc) is 3.31. The molecule has 1 unspecified atom stereocenters. The highest BCUT2D eigenvalue weighted by Gasteiger charge is 2.37. The largest absolute Gasteiger partial charge is 0.338 e. The van der Waals surface area contributed by atoms with Gasteiger partial charge in [0.25, 0.3) is 0 Å². The van der Waals surface area contributed by atoms with Gasteiger partial charge in [0.15, 0.2) is 0 Å². The Kier molecular flexibility index (Phi) is 5.24. The van der Waals surface area contributed by atoms with E-state index in [-0.39, 0.29) is 23.8 Å². The number of hydrogen-bond acceptors (Lipinski definition) is 5. The van der Waals surface area contributed by atoms with Gasteiger partial charge in [-0.3, -0.25) is 9.48 Å². The number of rotatable bonds is 5. The topological polar surface area (TPSA) is 63.1 Å². The van der Waals surface area contributed by atoms with E-state index < -0.39 is 0 Å². The van der Waals surface area contributed by atoms with Crippen molar-refractivity contribution in [3.05, 3.63) is 33.5 Å². The van der Waals surface area contributed by atoms with Gasteiger partial charge in [-0.05, 0) is 25.8 Å². The molecule has 0 bridgehead atoms. The number of aryl methyl sites for hydroxylation is 3. The van der Waals surface area contributed by atoms with Crippen molar-refractivity contribution in [2.24, 2.45) is 13.0 Å². The molecular formula is C18H27N5OS. The van der Waals surface area contributed by atoms with Crippen LogP contribution in [-0.4, -0.2) is 45.7 Å². The SMILES string of the molecule is CCc1nc(C)c(C(C)N(C)C(=O)[C@H]2CNC[C@@H]2c2cnn(C)c2)s1. The van der Waals surface area contributed by atoms with Crippen LogP contribution < -0.4 is 5.32 Å². The van der Waals surface area contributed by atoms with E-state index in [1.807, 2.05) is 38.3 Å². The Hall–Kier alpha value is -1.73. The second kappa shape index (κ2) is 7.25. The maximum atomic E-state index is 13.2. The first-order chi connectivity index (χ1) is 11.9. The maximum Gasteiger partial charge on any atom is 0.227 e. The van der Waals surface area contributed by atoms with Crippen molar-refractivity contribution in [1.82, 2.24) is 25.0 Å². The van der Waals surface area contributed by atoms with Crippen molar-refractivity contribution in [2.45, 2.75) is 39.2 Å². The summed E-state index contributed by atoms with van der Waals surface area (Å²) in [5.74, 6) is 0.331. The highest BCUT2D eigenvalue weighted by atomic mass is 32.1. The van der Waals surface area contributed by atoms with Crippen LogP contribution in [-0.2, 0) is 18.3 Å². The minimum absolute atomic E-state index is 0.0421. The Morgan fingerprint density at radius 2 is 2.28 bits per heavy atom. The first-order valence-corrected chi connectivity index (χ1v) is 9.66. The van der Waals surface area contributed by atoms with Crippen molar-refractivity contribution in [3.63, 3.8) is 0 Å². The first-order valence-electron chi connectivity index (χ1n) is 8.84. The second-order valence-electron chi connectivity index (χ2n) is 6.85. The standard InChI is InChI=1S/C18H27N5OS/c1-6-16-21-11(2)17(25-16)12(3)23(5)18(24)15-9-19-8-14(15)13-7-20-22(4)10-13/h7,10,12,14-15,19H,6,8-9H2,1-5H3/t12?,14-,15+/m1/s1. The minimum atomic E-state index is -0.0458. The Morgan fingerprint density at radius 3 is 2.88 bits per heavy atom. The highest BCUT2D eigenvalue weighted by molar-refractivity contribution is 7.11. The molecule has 136 valence electrons. The maximum absolute atomic E-state index is 13.2. The minimum Gasteiger partial charge on any atom is -0.338 e. The van der Waals surface area contributed by atoms with Crippen molar-refractivity contribution in [1.29, 1.82) is 0 Å². The summed E-state index contributed by atoms with van der Waals surface area (Å²) in [5.41, 5.74) is 2.18. The van der Waals surface area contributed by atoms with E-state index in [4.69, 9.17) is 0 Å². The Morgan fingerprint density at radius 1 is 1.52 bits per heavy atom. The Labute approximate surface area is 153 Å². The predicted molar refractivity (Wildman–Crippen MR) is 99.7 cm³/mol. The number of thiazole rings is 1. The summed E-state index contributed by atoms with van der Waals surface area (Å²) in [6.07, 6.45) is 4.83. The summed E-state index contributed by atoms with van der Waals surface area (Å²) in [7, 11) is 3.82. The first kappa shape index (κ1) is 18.1. The van der Waals surface area contributed by atoms with Gasteiger partial charge in [-0.15, -0.1) is 11.3 Å². The monoisotopic (exact) mass is 361 g/mol. The third-order valence-corrected chi connectivity index (χ3v) is 6.64. The molecule has 0 spiro atoms. The fraction of sp³-hybridized carbons (Fsp3) is 0.611. The molecule has 2 aromatic rings. The Bertz CT molecular complexity index is 752. The van der Waals surface area contributed by atoms with Gasteiger partial charge >= 0.3 is 0 Å². The molecular weight excluding hydrogens is 334 g/mol. The van der Waals surface area contributed by atoms with Crippen LogP contribution >= 0.6 is 11.3 Å². The van der Waals surface area contributed by atoms with Crippen LogP contribution in [0.3, 0.4) is 0 Å². The molecule has 3 rings (SSSR count). The van der Waals surface area contributed by atoms with Gasteiger partial charge in [0, 0.05) is 44.2 Å². The molecule has 0 aliphatic carbocycles. The molecule has 6 nitrogen and oxygen atoms in total. The highest BCUT2D eigenvalue weighted by Crippen LogP contribution is 2.33. The zero-order chi connectivity index (χ0) is 18.1. The van der Waals surface area contributed by atoms with E-state index in [1.165, 1.54) is 4.88 Å². The molecule has 1 amide bonds. The predicted octanol–water partition coefficient (Wildman–Crippen LogP) is 2.27. The zero-order valence-electron chi connectivity index (χ0n) is 15.6. The molecule has 1 N–H and O–H groups in total. The van der Waals surface area contributed by atoms with Gasteiger partial charge < -0.3 is 10.2 Å². The van der Waals surface area contributed by atoms with Crippen LogP contribution in [0.1, 0.15) is 46.9 Å². The molecule has 7 heteroatoms. The lowest BCUT2D eigenvalue weighted by atomic mass is 9.89. The van der Waals surface area contributed by atoms with Crippen molar-refractivity contribution < 1.29 is 4.79 Å². The lowest BCUT2D eigenvalue weighted by molar-refractivity contribution is -0.135. The van der Waals surface area contributed by atoms with Crippen molar-refractivity contribution >= 4 is 17.2 Å². The zero-order valence-corrected chi connectivity index (χ0v) is 16.4. The third-order valence-electron chi connectivity index (χ3n) is 5.17. The van der Waals surface area contributed by atoms with Crippen molar-refractivity contribution in [2.75, 3.05) is 20.1 Å². The summed E-state index contributed by atoms with van der Waals surface area (Å²) >= 11 is 1.72. The second-order valence-corrected chi connectivity index (χ2v) is 7.97. The van der Waals surface area contributed by atoms with Crippen LogP contribution in [0.2, 0.25) is 0 Å². The normalized spacial score (nSPS) is 21.5. The number of aromatic nitrogens is 3. The van der Waals surface area contributed by atoms with E-state index in [0.717, 1.165) is 35.8 Å². The number of hydrogen-bond donors (Lipinski definition) is 1. The smallest absolute Gasteiger partial charge is 0.227 e. The molecule has 3 heterocycles.